The molecule has 1 N–H and O–H groups in total. The van der Waals surface area contributed by atoms with E-state index in [9.17, 15) is 9.59 Å². The van der Waals surface area contributed by atoms with Crippen molar-refractivity contribution in [3.8, 4) is 0 Å². The summed E-state index contributed by atoms with van der Waals surface area (Å²) >= 11 is 0. The number of carbonyl (C=O) groups is 2. The summed E-state index contributed by atoms with van der Waals surface area (Å²) in [6, 6.07) is 9.52. The van der Waals surface area contributed by atoms with Crippen LogP contribution in [0.5, 0.6) is 0 Å². The fraction of sp³-hybridized carbons (Fsp3) is 0.222. The molecular weight excluding hydrogens is 280 g/mol. The van der Waals surface area contributed by atoms with Crippen LogP contribution in [0.15, 0.2) is 60.2 Å². The lowest BCUT2D eigenvalue weighted by Crippen LogP contribution is -2.13. The largest absolute Gasteiger partial charge is 0.478 e. The van der Waals surface area contributed by atoms with Crippen LogP contribution in [0.25, 0.3) is 6.08 Å². The van der Waals surface area contributed by atoms with Crippen LogP contribution in [-0.2, 0) is 14.3 Å². The van der Waals surface area contributed by atoms with E-state index in [1.807, 2.05) is 36.4 Å². The minimum atomic E-state index is -1.03. The van der Waals surface area contributed by atoms with Gasteiger partial charge in [-0.1, -0.05) is 55.1 Å². The summed E-state index contributed by atoms with van der Waals surface area (Å²) in [4.78, 5) is 22.8. The summed E-state index contributed by atoms with van der Waals surface area (Å²) in [5.74, 6) is -2.09. The Labute approximate surface area is 130 Å². The Hall–Kier alpha value is -2.62. The van der Waals surface area contributed by atoms with Crippen LogP contribution < -0.4 is 0 Å². The summed E-state index contributed by atoms with van der Waals surface area (Å²) < 4.78 is 4.93. The number of carboxylic acids is 1. The molecule has 4 nitrogen and oxygen atoms in total. The van der Waals surface area contributed by atoms with Gasteiger partial charge >= 0.3 is 11.9 Å². The summed E-state index contributed by atoms with van der Waals surface area (Å²) in [6.45, 7) is 7.16. The first-order valence-electron chi connectivity index (χ1n) is 6.96. The molecule has 0 aromatic heterocycles. The molecule has 0 spiro atoms. The van der Waals surface area contributed by atoms with Crippen molar-refractivity contribution in [2.45, 2.75) is 13.8 Å². The van der Waals surface area contributed by atoms with Crippen LogP contribution in [0.4, 0.5) is 0 Å². The Morgan fingerprint density at radius 3 is 2.50 bits per heavy atom. The molecule has 0 aliphatic heterocycles. The first-order chi connectivity index (χ1) is 10.5. The number of esters is 1. The number of hydrogen-bond donors (Lipinski definition) is 1. The van der Waals surface area contributed by atoms with Crippen LogP contribution in [0.2, 0.25) is 0 Å². The number of hydrogen-bond acceptors (Lipinski definition) is 3. The first kappa shape index (κ1) is 17.4. The third-order valence-corrected chi connectivity index (χ3v) is 3.00. The molecule has 4 heteroatoms. The van der Waals surface area contributed by atoms with Gasteiger partial charge in [0, 0.05) is 17.1 Å². The van der Waals surface area contributed by atoms with E-state index in [2.05, 4.69) is 6.58 Å². The molecule has 1 aromatic carbocycles. The van der Waals surface area contributed by atoms with Crippen LogP contribution in [-0.4, -0.2) is 23.7 Å². The maximum absolute atomic E-state index is 11.8. The zero-order valence-corrected chi connectivity index (χ0v) is 12.8. The van der Waals surface area contributed by atoms with Crippen molar-refractivity contribution in [3.05, 3.63) is 65.8 Å². The third-order valence-electron chi connectivity index (χ3n) is 3.00. The fourth-order valence-electron chi connectivity index (χ4n) is 1.75. The predicted molar refractivity (Wildman–Crippen MR) is 86.1 cm³/mol. The number of allylic oxidation sites excluding steroid dienone is 2. The van der Waals surface area contributed by atoms with Gasteiger partial charge in [0.15, 0.2) is 0 Å². The van der Waals surface area contributed by atoms with Crippen molar-refractivity contribution in [2.75, 3.05) is 6.61 Å². The smallest absolute Gasteiger partial charge is 0.334 e. The van der Waals surface area contributed by atoms with Crippen molar-refractivity contribution in [2.24, 2.45) is 5.92 Å². The molecule has 1 rings (SSSR count). The number of carboxylic acid groups (broad SMARTS) is 1. The molecular formula is C18H20O4. The second kappa shape index (κ2) is 8.62. The number of aliphatic carboxylic acids is 1. The quantitative estimate of drug-likeness (QED) is 0.618. The highest BCUT2D eigenvalue weighted by molar-refractivity contribution is 5.91. The highest BCUT2D eigenvalue weighted by Gasteiger charge is 2.17. The summed E-state index contributed by atoms with van der Waals surface area (Å²) in [5.41, 5.74) is 1.30. The monoisotopic (exact) mass is 300 g/mol. The Balaban J connectivity index is 3.03. The van der Waals surface area contributed by atoms with Crippen LogP contribution in [0.3, 0.4) is 0 Å². The van der Waals surface area contributed by atoms with Gasteiger partial charge in [-0.3, -0.25) is 0 Å². The molecule has 0 aliphatic rings. The SMILES string of the molecule is C=C(C(=O)OCC)C(C=Cc1ccccc1)C=C(C)C(=O)O. The zero-order valence-electron chi connectivity index (χ0n) is 12.8. The van der Waals surface area contributed by atoms with E-state index in [1.165, 1.54) is 13.0 Å². The van der Waals surface area contributed by atoms with Crippen molar-refractivity contribution in [1.82, 2.24) is 0 Å². The summed E-state index contributed by atoms with van der Waals surface area (Å²) in [5, 5.41) is 9.00. The Morgan fingerprint density at radius 1 is 1.32 bits per heavy atom. The van der Waals surface area contributed by atoms with Gasteiger partial charge in [0.05, 0.1) is 6.61 Å². The van der Waals surface area contributed by atoms with Gasteiger partial charge in [-0.2, -0.15) is 0 Å². The van der Waals surface area contributed by atoms with Crippen molar-refractivity contribution in [1.29, 1.82) is 0 Å². The van der Waals surface area contributed by atoms with Gasteiger partial charge in [0.1, 0.15) is 0 Å². The zero-order chi connectivity index (χ0) is 16.5. The Kier molecular flexibility index (Phi) is 6.83. The molecule has 22 heavy (non-hydrogen) atoms. The van der Waals surface area contributed by atoms with Gasteiger partial charge in [0.2, 0.25) is 0 Å². The minimum Gasteiger partial charge on any atom is -0.478 e. The normalized spacial score (nSPS) is 12.9. The first-order valence-corrected chi connectivity index (χ1v) is 6.96. The summed E-state index contributed by atoms with van der Waals surface area (Å²) in [6.07, 6.45) is 5.04. The molecule has 0 fully saturated rings. The second-order valence-electron chi connectivity index (χ2n) is 4.70. The minimum absolute atomic E-state index is 0.146. The average molecular weight is 300 g/mol. The van der Waals surface area contributed by atoms with Crippen molar-refractivity contribution >= 4 is 18.0 Å². The second-order valence-corrected chi connectivity index (χ2v) is 4.70. The molecule has 0 aliphatic carbocycles. The van der Waals surface area contributed by atoms with E-state index in [1.54, 1.807) is 13.0 Å². The fourth-order valence-corrected chi connectivity index (χ4v) is 1.75. The van der Waals surface area contributed by atoms with Gasteiger partial charge in [-0.25, -0.2) is 9.59 Å². The maximum atomic E-state index is 11.8. The van der Waals surface area contributed by atoms with Gasteiger partial charge in [0.25, 0.3) is 0 Å². The number of carbonyl (C=O) groups excluding carboxylic acids is 1. The van der Waals surface area contributed by atoms with Gasteiger partial charge < -0.3 is 9.84 Å². The predicted octanol–water partition coefficient (Wildman–Crippen LogP) is 3.47. The van der Waals surface area contributed by atoms with E-state index >= 15 is 0 Å². The lowest BCUT2D eigenvalue weighted by molar-refractivity contribution is -0.139. The maximum Gasteiger partial charge on any atom is 0.334 e. The topological polar surface area (TPSA) is 63.6 Å². The lowest BCUT2D eigenvalue weighted by Gasteiger charge is -2.12. The molecule has 0 saturated carbocycles. The number of ether oxygens (including phenoxy) is 1. The standard InChI is InChI=1S/C18H20O4/c1-4-22-18(21)14(3)16(12-13(2)17(19)20)11-10-15-8-6-5-7-9-15/h5-12,16H,3-4H2,1-2H3,(H,19,20). The molecule has 1 atom stereocenters. The highest BCUT2D eigenvalue weighted by Crippen LogP contribution is 2.18. The molecule has 1 aromatic rings. The third kappa shape index (κ3) is 5.40. The molecule has 0 radical (unpaired) electrons. The van der Waals surface area contributed by atoms with E-state index in [0.717, 1.165) is 5.56 Å². The van der Waals surface area contributed by atoms with Crippen LogP contribution in [0.1, 0.15) is 19.4 Å². The number of benzene rings is 1. The van der Waals surface area contributed by atoms with Gasteiger partial charge in [-0.15, -0.1) is 0 Å². The highest BCUT2D eigenvalue weighted by atomic mass is 16.5. The Morgan fingerprint density at radius 2 is 1.95 bits per heavy atom. The summed E-state index contributed by atoms with van der Waals surface area (Å²) in [7, 11) is 0. The molecule has 1 unspecified atom stereocenters. The molecule has 0 saturated heterocycles. The molecule has 0 amide bonds. The molecule has 0 bridgehead atoms. The Bertz CT molecular complexity index is 597. The number of rotatable bonds is 7. The van der Waals surface area contributed by atoms with Crippen molar-refractivity contribution in [3.63, 3.8) is 0 Å². The van der Waals surface area contributed by atoms with Crippen LogP contribution in [0, 0.1) is 5.92 Å². The molecule has 116 valence electrons. The van der Waals surface area contributed by atoms with E-state index in [0.29, 0.717) is 0 Å². The van der Waals surface area contributed by atoms with E-state index in [4.69, 9.17) is 9.84 Å². The molecule has 0 heterocycles. The lowest BCUT2D eigenvalue weighted by atomic mass is 9.96. The van der Waals surface area contributed by atoms with Gasteiger partial charge in [-0.05, 0) is 19.4 Å². The van der Waals surface area contributed by atoms with Crippen LogP contribution >= 0.6 is 0 Å². The van der Waals surface area contributed by atoms with E-state index < -0.39 is 17.9 Å². The average Bonchev–Trinajstić information content (AvgIpc) is 2.51. The van der Waals surface area contributed by atoms with Crippen molar-refractivity contribution < 1.29 is 19.4 Å². The van der Waals surface area contributed by atoms with E-state index in [-0.39, 0.29) is 17.8 Å².